The van der Waals surface area contributed by atoms with Crippen LogP contribution < -0.4 is 14.8 Å². The van der Waals surface area contributed by atoms with Gasteiger partial charge in [0.1, 0.15) is 5.75 Å². The molecule has 124 valence electrons. The molecular formula is C14H18N4O3S2. The molecule has 0 amide bonds. The first-order chi connectivity index (χ1) is 11.0. The topological polar surface area (TPSA) is 98.4 Å². The van der Waals surface area contributed by atoms with E-state index in [4.69, 9.17) is 9.88 Å². The van der Waals surface area contributed by atoms with Crippen LogP contribution in [-0.2, 0) is 10.0 Å². The molecule has 1 aliphatic heterocycles. The average Bonchev–Trinajstić information content (AvgIpc) is 3.04. The standard InChI is InChI=1S/C14H18N4O3S2/c1-21-12-5-3-2-4-11(12)13-16-17-14(22-13)18-8-6-10(7-9-18)23(15,19)20/h2-5,10H,6-9H2,1H3,(H2,15,19,20). The van der Waals surface area contributed by atoms with Crippen molar-refractivity contribution < 1.29 is 13.2 Å². The number of anilines is 1. The van der Waals surface area contributed by atoms with Crippen LogP contribution in [0.15, 0.2) is 24.3 Å². The number of piperidine rings is 1. The van der Waals surface area contributed by atoms with Gasteiger partial charge in [-0.3, -0.25) is 0 Å². The molecule has 9 heteroatoms. The van der Waals surface area contributed by atoms with Crippen molar-refractivity contribution in [2.24, 2.45) is 5.14 Å². The highest BCUT2D eigenvalue weighted by Crippen LogP contribution is 2.35. The van der Waals surface area contributed by atoms with Crippen molar-refractivity contribution in [3.63, 3.8) is 0 Å². The molecule has 0 bridgehead atoms. The maximum atomic E-state index is 11.4. The minimum absolute atomic E-state index is 0.458. The number of methoxy groups -OCH3 is 1. The number of hydrogen-bond donors (Lipinski definition) is 1. The number of rotatable bonds is 4. The number of hydrogen-bond acceptors (Lipinski definition) is 7. The first-order valence-electron chi connectivity index (χ1n) is 7.22. The van der Waals surface area contributed by atoms with Gasteiger partial charge in [0, 0.05) is 13.1 Å². The molecule has 1 aliphatic rings. The molecule has 0 atom stereocenters. The maximum Gasteiger partial charge on any atom is 0.212 e. The molecule has 1 aromatic carbocycles. The fourth-order valence-electron chi connectivity index (χ4n) is 2.65. The highest BCUT2D eigenvalue weighted by molar-refractivity contribution is 7.89. The second-order valence-corrected chi connectivity index (χ2v) is 8.17. The summed E-state index contributed by atoms with van der Waals surface area (Å²) in [6.45, 7) is 1.23. The fraction of sp³-hybridized carbons (Fsp3) is 0.429. The molecule has 7 nitrogen and oxygen atoms in total. The summed E-state index contributed by atoms with van der Waals surface area (Å²) >= 11 is 1.47. The van der Waals surface area contributed by atoms with Crippen LogP contribution in [0.4, 0.5) is 5.13 Å². The van der Waals surface area contributed by atoms with Crippen LogP contribution in [0.2, 0.25) is 0 Å². The number of primary sulfonamides is 1. The predicted octanol–water partition coefficient (Wildman–Crippen LogP) is 1.47. The molecule has 2 N–H and O–H groups in total. The Labute approximate surface area is 139 Å². The molecule has 3 rings (SSSR count). The molecule has 1 saturated heterocycles. The maximum absolute atomic E-state index is 11.4. The quantitative estimate of drug-likeness (QED) is 0.893. The summed E-state index contributed by atoms with van der Waals surface area (Å²) in [5, 5.41) is 14.8. The van der Waals surface area contributed by atoms with Crippen LogP contribution in [0.1, 0.15) is 12.8 Å². The lowest BCUT2D eigenvalue weighted by atomic mass is 10.1. The molecule has 0 saturated carbocycles. The van der Waals surface area contributed by atoms with E-state index in [9.17, 15) is 8.42 Å². The van der Waals surface area contributed by atoms with Crippen molar-refractivity contribution in [3.05, 3.63) is 24.3 Å². The van der Waals surface area contributed by atoms with Gasteiger partial charge >= 0.3 is 0 Å². The summed E-state index contributed by atoms with van der Waals surface area (Å²) in [6, 6.07) is 7.66. The van der Waals surface area contributed by atoms with E-state index in [1.54, 1.807) is 7.11 Å². The summed E-state index contributed by atoms with van der Waals surface area (Å²) in [4.78, 5) is 2.05. The summed E-state index contributed by atoms with van der Waals surface area (Å²) in [5.74, 6) is 0.753. The van der Waals surface area contributed by atoms with Crippen LogP contribution in [-0.4, -0.2) is 44.1 Å². The van der Waals surface area contributed by atoms with E-state index < -0.39 is 15.3 Å². The SMILES string of the molecule is COc1ccccc1-c1nnc(N2CCC(S(N)(=O)=O)CC2)s1. The number of sulfonamides is 1. The molecule has 0 spiro atoms. The Morgan fingerprint density at radius 2 is 1.96 bits per heavy atom. The minimum atomic E-state index is -3.45. The summed E-state index contributed by atoms with van der Waals surface area (Å²) in [5.41, 5.74) is 0.901. The van der Waals surface area contributed by atoms with Crippen LogP contribution >= 0.6 is 11.3 Å². The van der Waals surface area contributed by atoms with Gasteiger partial charge in [-0.05, 0) is 25.0 Å². The molecule has 23 heavy (non-hydrogen) atoms. The van der Waals surface area contributed by atoms with Crippen molar-refractivity contribution >= 4 is 26.5 Å². The molecule has 0 unspecified atom stereocenters. The van der Waals surface area contributed by atoms with Crippen molar-refractivity contribution in [3.8, 4) is 16.3 Å². The van der Waals surface area contributed by atoms with Crippen molar-refractivity contribution in [2.75, 3.05) is 25.1 Å². The normalized spacial score (nSPS) is 16.5. The zero-order valence-corrected chi connectivity index (χ0v) is 14.3. The number of ether oxygens (including phenoxy) is 1. The highest BCUT2D eigenvalue weighted by atomic mass is 32.2. The Morgan fingerprint density at radius 1 is 1.26 bits per heavy atom. The summed E-state index contributed by atoms with van der Waals surface area (Å²) < 4.78 is 28.2. The molecule has 0 aliphatic carbocycles. The second kappa shape index (κ2) is 6.42. The van der Waals surface area contributed by atoms with Crippen molar-refractivity contribution in [1.82, 2.24) is 10.2 Å². The molecule has 1 aromatic heterocycles. The smallest absolute Gasteiger partial charge is 0.212 e. The third-order valence-electron chi connectivity index (χ3n) is 3.93. The van der Waals surface area contributed by atoms with Gasteiger partial charge in [0.15, 0.2) is 5.01 Å². The fourth-order valence-corrected chi connectivity index (χ4v) is 4.44. The highest BCUT2D eigenvalue weighted by Gasteiger charge is 2.28. The number of nitrogens with zero attached hydrogens (tertiary/aromatic N) is 3. The van der Waals surface area contributed by atoms with Gasteiger partial charge in [0.05, 0.1) is 17.9 Å². The van der Waals surface area contributed by atoms with Gasteiger partial charge in [-0.1, -0.05) is 23.5 Å². The van der Waals surface area contributed by atoms with E-state index in [1.165, 1.54) is 11.3 Å². The van der Waals surface area contributed by atoms with Crippen molar-refractivity contribution in [2.45, 2.75) is 18.1 Å². The van der Waals surface area contributed by atoms with E-state index in [2.05, 4.69) is 15.1 Å². The van der Waals surface area contributed by atoms with Crippen LogP contribution in [0, 0.1) is 0 Å². The second-order valence-electron chi connectivity index (χ2n) is 5.37. The van der Waals surface area contributed by atoms with Gasteiger partial charge in [0.2, 0.25) is 15.2 Å². The Kier molecular flexibility index (Phi) is 4.51. The number of aromatic nitrogens is 2. The molecule has 0 radical (unpaired) electrons. The number of benzene rings is 1. The van der Waals surface area contributed by atoms with E-state index in [-0.39, 0.29) is 0 Å². The Bertz CT molecular complexity index is 783. The third-order valence-corrected chi connectivity index (χ3v) is 6.35. The third kappa shape index (κ3) is 3.46. The van der Waals surface area contributed by atoms with Gasteiger partial charge in [-0.2, -0.15) is 0 Å². The lowest BCUT2D eigenvalue weighted by Crippen LogP contribution is -2.41. The van der Waals surface area contributed by atoms with Crippen molar-refractivity contribution in [1.29, 1.82) is 0 Å². The van der Waals surface area contributed by atoms with Gasteiger partial charge in [-0.25, -0.2) is 13.6 Å². The monoisotopic (exact) mass is 354 g/mol. The first-order valence-corrected chi connectivity index (χ1v) is 9.65. The Balaban J connectivity index is 1.76. The Morgan fingerprint density at radius 3 is 2.61 bits per heavy atom. The Hall–Kier alpha value is -1.71. The first kappa shape index (κ1) is 16.2. The average molecular weight is 354 g/mol. The molecule has 1 fully saturated rings. The zero-order chi connectivity index (χ0) is 16.4. The van der Waals surface area contributed by atoms with Gasteiger partial charge in [0.25, 0.3) is 0 Å². The number of nitrogens with two attached hydrogens (primary N) is 1. The summed E-state index contributed by atoms with van der Waals surface area (Å²) in [7, 11) is -1.83. The molecule has 2 aromatic rings. The van der Waals surface area contributed by atoms with Gasteiger partial charge < -0.3 is 9.64 Å². The van der Waals surface area contributed by atoms with E-state index in [0.717, 1.165) is 21.5 Å². The van der Waals surface area contributed by atoms with Crippen LogP contribution in [0.25, 0.3) is 10.6 Å². The number of para-hydroxylation sites is 1. The van der Waals surface area contributed by atoms with Crippen LogP contribution in [0.5, 0.6) is 5.75 Å². The van der Waals surface area contributed by atoms with E-state index in [1.807, 2.05) is 24.3 Å². The minimum Gasteiger partial charge on any atom is -0.496 e. The van der Waals surface area contributed by atoms with E-state index in [0.29, 0.717) is 25.9 Å². The van der Waals surface area contributed by atoms with Gasteiger partial charge in [-0.15, -0.1) is 10.2 Å². The summed E-state index contributed by atoms with van der Waals surface area (Å²) in [6.07, 6.45) is 1.03. The van der Waals surface area contributed by atoms with E-state index >= 15 is 0 Å². The lowest BCUT2D eigenvalue weighted by molar-refractivity contribution is 0.416. The molecular weight excluding hydrogens is 336 g/mol. The lowest BCUT2D eigenvalue weighted by Gasteiger charge is -2.30. The predicted molar refractivity (Wildman–Crippen MR) is 90.2 cm³/mol. The largest absolute Gasteiger partial charge is 0.496 e. The zero-order valence-electron chi connectivity index (χ0n) is 12.7. The molecule has 2 heterocycles. The van der Waals surface area contributed by atoms with Crippen LogP contribution in [0.3, 0.4) is 0 Å².